The molecule has 0 bridgehead atoms. The van der Waals surface area contributed by atoms with Crippen LogP contribution in [0.5, 0.6) is 0 Å². The van der Waals surface area contributed by atoms with Gasteiger partial charge in [-0.15, -0.1) is 0 Å². The fourth-order valence-corrected chi connectivity index (χ4v) is 3.08. The number of nitrogens with one attached hydrogen (secondary N) is 1. The summed E-state index contributed by atoms with van der Waals surface area (Å²) in [6.45, 7) is 6.51. The first-order valence-corrected chi connectivity index (χ1v) is 8.31. The minimum atomic E-state index is -1.04. The summed E-state index contributed by atoms with van der Waals surface area (Å²) in [5.74, 6) is -1.04. The van der Waals surface area contributed by atoms with Crippen LogP contribution in [0.3, 0.4) is 0 Å². The number of aromatic amines is 1. The van der Waals surface area contributed by atoms with Crippen LogP contribution in [0.15, 0.2) is 30.6 Å². The van der Waals surface area contributed by atoms with Crippen molar-refractivity contribution in [2.75, 3.05) is 0 Å². The second kappa shape index (κ2) is 5.39. The zero-order valence-corrected chi connectivity index (χ0v) is 15.0. The summed E-state index contributed by atoms with van der Waals surface area (Å²) in [4.78, 5) is 23.0. The number of hydrogen-bond acceptors (Lipinski definition) is 4. The van der Waals surface area contributed by atoms with Crippen LogP contribution in [0.4, 0.5) is 0 Å². The molecule has 3 aromatic heterocycles. The van der Waals surface area contributed by atoms with Crippen LogP contribution in [0.1, 0.15) is 36.7 Å². The van der Waals surface area contributed by atoms with Crippen LogP contribution in [-0.2, 0) is 12.5 Å². The fraction of sp³-hybridized carbons (Fsp3) is 0.263. The monoisotopic (exact) mass is 349 g/mol. The van der Waals surface area contributed by atoms with Crippen LogP contribution >= 0.6 is 0 Å². The second-order valence-electron chi connectivity index (χ2n) is 7.41. The van der Waals surface area contributed by atoms with E-state index in [0.29, 0.717) is 22.6 Å². The van der Waals surface area contributed by atoms with Crippen molar-refractivity contribution in [2.45, 2.75) is 26.2 Å². The lowest BCUT2D eigenvalue weighted by Crippen LogP contribution is -2.10. The number of fused-ring (bicyclic) bond motifs is 2. The average Bonchev–Trinajstić information content (AvgIpc) is 3.14. The Balaban J connectivity index is 1.93. The SMILES string of the molecule is Cn1nc(-c2cnc3[nH]cc(C(=O)O)c3n2)c2ccc(C(C)(C)C)cc21. The highest BCUT2D eigenvalue weighted by atomic mass is 16.4. The molecule has 0 fully saturated rings. The predicted octanol–water partition coefficient (Wildman–Crippen LogP) is 3.51. The number of aromatic nitrogens is 5. The fourth-order valence-electron chi connectivity index (χ4n) is 3.08. The number of aromatic carboxylic acids is 1. The van der Waals surface area contributed by atoms with Crippen molar-refractivity contribution < 1.29 is 9.90 Å². The van der Waals surface area contributed by atoms with Crippen molar-refractivity contribution in [3.63, 3.8) is 0 Å². The third-order valence-electron chi connectivity index (χ3n) is 4.57. The molecule has 7 nitrogen and oxygen atoms in total. The molecule has 3 heterocycles. The van der Waals surface area contributed by atoms with Crippen LogP contribution in [0.2, 0.25) is 0 Å². The maximum absolute atomic E-state index is 11.4. The summed E-state index contributed by atoms with van der Waals surface area (Å²) in [6.07, 6.45) is 3.02. The Morgan fingerprint density at radius 1 is 1.27 bits per heavy atom. The molecule has 0 saturated carbocycles. The zero-order chi connectivity index (χ0) is 18.6. The first-order valence-electron chi connectivity index (χ1n) is 8.31. The van der Waals surface area contributed by atoms with Gasteiger partial charge in [-0.2, -0.15) is 5.10 Å². The highest BCUT2D eigenvalue weighted by molar-refractivity contribution is 6.01. The molecular weight excluding hydrogens is 330 g/mol. The van der Waals surface area contributed by atoms with Gasteiger partial charge in [0.2, 0.25) is 0 Å². The van der Waals surface area contributed by atoms with Crippen molar-refractivity contribution in [1.29, 1.82) is 0 Å². The molecule has 0 aliphatic heterocycles. The molecule has 0 aliphatic carbocycles. The highest BCUT2D eigenvalue weighted by Gasteiger charge is 2.19. The Bertz CT molecular complexity index is 1160. The molecular formula is C19H19N5O2. The number of carbonyl (C=O) groups is 1. The average molecular weight is 349 g/mol. The van der Waals surface area contributed by atoms with Crippen LogP contribution < -0.4 is 0 Å². The van der Waals surface area contributed by atoms with Gasteiger partial charge in [-0.05, 0) is 17.0 Å². The van der Waals surface area contributed by atoms with E-state index >= 15 is 0 Å². The van der Waals surface area contributed by atoms with E-state index in [0.717, 1.165) is 10.9 Å². The number of carboxylic acid groups (broad SMARTS) is 1. The lowest BCUT2D eigenvalue weighted by Gasteiger charge is -2.19. The Morgan fingerprint density at radius 2 is 2.04 bits per heavy atom. The van der Waals surface area contributed by atoms with E-state index in [1.54, 1.807) is 6.20 Å². The number of aryl methyl sites for hydroxylation is 1. The number of nitrogens with zero attached hydrogens (tertiary/aromatic N) is 4. The Morgan fingerprint density at radius 3 is 2.73 bits per heavy atom. The quantitative estimate of drug-likeness (QED) is 0.577. The third kappa shape index (κ3) is 2.44. The van der Waals surface area contributed by atoms with E-state index in [1.807, 2.05) is 17.8 Å². The summed E-state index contributed by atoms with van der Waals surface area (Å²) >= 11 is 0. The molecule has 4 aromatic rings. The lowest BCUT2D eigenvalue weighted by atomic mass is 9.86. The first kappa shape index (κ1) is 16.3. The minimum Gasteiger partial charge on any atom is -0.478 e. The molecule has 132 valence electrons. The van der Waals surface area contributed by atoms with Gasteiger partial charge in [0.15, 0.2) is 5.65 Å². The number of rotatable bonds is 2. The molecule has 0 atom stereocenters. The zero-order valence-electron chi connectivity index (χ0n) is 15.0. The molecule has 0 unspecified atom stereocenters. The first-order chi connectivity index (χ1) is 12.3. The van der Waals surface area contributed by atoms with Gasteiger partial charge in [-0.3, -0.25) is 4.68 Å². The van der Waals surface area contributed by atoms with Crippen molar-refractivity contribution in [1.82, 2.24) is 24.7 Å². The van der Waals surface area contributed by atoms with E-state index in [4.69, 9.17) is 0 Å². The molecule has 0 amide bonds. The van der Waals surface area contributed by atoms with Crippen molar-refractivity contribution in [3.8, 4) is 11.4 Å². The topological polar surface area (TPSA) is 96.7 Å². The largest absolute Gasteiger partial charge is 0.478 e. The normalized spacial score (nSPS) is 12.2. The van der Waals surface area contributed by atoms with Crippen LogP contribution in [-0.4, -0.2) is 35.8 Å². The molecule has 2 N–H and O–H groups in total. The molecule has 0 spiro atoms. The maximum Gasteiger partial charge on any atom is 0.339 e. The van der Waals surface area contributed by atoms with E-state index < -0.39 is 5.97 Å². The van der Waals surface area contributed by atoms with Crippen molar-refractivity contribution in [2.24, 2.45) is 7.05 Å². The van der Waals surface area contributed by atoms with Gasteiger partial charge in [-0.1, -0.05) is 32.9 Å². The lowest BCUT2D eigenvalue weighted by molar-refractivity contribution is 0.0699. The van der Waals surface area contributed by atoms with Gasteiger partial charge in [0.1, 0.15) is 22.5 Å². The minimum absolute atomic E-state index is 0.0405. The van der Waals surface area contributed by atoms with Crippen LogP contribution in [0.25, 0.3) is 33.5 Å². The van der Waals surface area contributed by atoms with Crippen molar-refractivity contribution >= 4 is 28.0 Å². The van der Waals surface area contributed by atoms with Gasteiger partial charge in [-0.25, -0.2) is 14.8 Å². The molecule has 7 heteroatoms. The number of carboxylic acids is 1. The Hall–Kier alpha value is -3.22. The predicted molar refractivity (Wildman–Crippen MR) is 99.3 cm³/mol. The van der Waals surface area contributed by atoms with E-state index in [-0.39, 0.29) is 11.0 Å². The molecule has 0 radical (unpaired) electrons. The Kier molecular flexibility index (Phi) is 3.37. The smallest absolute Gasteiger partial charge is 0.339 e. The summed E-state index contributed by atoms with van der Waals surface area (Å²) in [7, 11) is 1.89. The summed E-state index contributed by atoms with van der Waals surface area (Å²) in [6, 6.07) is 6.27. The standard InChI is InChI=1S/C19H19N5O2/c1-19(2,3)10-5-6-11-14(7-10)24(4)23-15(11)13-9-21-17-16(22-13)12(8-20-17)18(25)26/h5-9H,1-4H3,(H,20,21)(H,25,26). The summed E-state index contributed by atoms with van der Waals surface area (Å²) < 4.78 is 1.82. The van der Waals surface area contributed by atoms with Gasteiger partial charge in [0.25, 0.3) is 0 Å². The van der Waals surface area contributed by atoms with Crippen LogP contribution in [0, 0.1) is 0 Å². The summed E-state index contributed by atoms with van der Waals surface area (Å²) in [5, 5.41) is 14.9. The molecule has 0 saturated heterocycles. The highest BCUT2D eigenvalue weighted by Crippen LogP contribution is 2.31. The molecule has 0 aliphatic rings. The number of H-pyrrole nitrogens is 1. The molecule has 4 rings (SSSR count). The van der Waals surface area contributed by atoms with E-state index in [2.05, 4.69) is 53.0 Å². The summed E-state index contributed by atoms with van der Waals surface area (Å²) in [5.41, 5.74) is 4.38. The van der Waals surface area contributed by atoms with Gasteiger partial charge >= 0.3 is 5.97 Å². The van der Waals surface area contributed by atoms with Gasteiger partial charge < -0.3 is 10.1 Å². The van der Waals surface area contributed by atoms with E-state index in [1.165, 1.54) is 11.8 Å². The molecule has 26 heavy (non-hydrogen) atoms. The van der Waals surface area contributed by atoms with E-state index in [9.17, 15) is 9.90 Å². The second-order valence-corrected chi connectivity index (χ2v) is 7.41. The van der Waals surface area contributed by atoms with Gasteiger partial charge in [0.05, 0.1) is 11.7 Å². The number of hydrogen-bond donors (Lipinski definition) is 2. The number of benzene rings is 1. The van der Waals surface area contributed by atoms with Gasteiger partial charge in [0, 0.05) is 18.6 Å². The van der Waals surface area contributed by atoms with Crippen molar-refractivity contribution in [3.05, 3.63) is 41.7 Å². The maximum atomic E-state index is 11.4. The third-order valence-corrected chi connectivity index (χ3v) is 4.57. The molecule has 1 aromatic carbocycles. The Labute approximate surface area is 149 Å².